The minimum absolute atomic E-state index is 0.154. The van der Waals surface area contributed by atoms with E-state index in [-0.39, 0.29) is 5.92 Å². The van der Waals surface area contributed by atoms with E-state index < -0.39 is 5.97 Å². The number of carboxylic acids is 1. The van der Waals surface area contributed by atoms with Crippen molar-refractivity contribution in [2.75, 3.05) is 13.1 Å². The summed E-state index contributed by atoms with van der Waals surface area (Å²) >= 11 is 5.88. The Morgan fingerprint density at radius 1 is 1.37 bits per heavy atom. The van der Waals surface area contributed by atoms with Crippen LogP contribution in [0.5, 0.6) is 0 Å². The van der Waals surface area contributed by atoms with Crippen LogP contribution >= 0.6 is 11.6 Å². The van der Waals surface area contributed by atoms with Gasteiger partial charge in [0.15, 0.2) is 0 Å². The van der Waals surface area contributed by atoms with Gasteiger partial charge in [-0.2, -0.15) is 0 Å². The monoisotopic (exact) mass is 281 g/mol. The molecular weight excluding hydrogens is 262 g/mol. The summed E-state index contributed by atoms with van der Waals surface area (Å²) in [6.07, 6.45) is 2.51. The summed E-state index contributed by atoms with van der Waals surface area (Å²) in [6.45, 7) is 3.97. The lowest BCUT2D eigenvalue weighted by Crippen LogP contribution is -2.42. The number of aliphatic carboxylic acids is 1. The Kier molecular flexibility index (Phi) is 4.83. The first-order valence-corrected chi connectivity index (χ1v) is 7.15. The molecule has 4 heteroatoms. The van der Waals surface area contributed by atoms with Crippen molar-refractivity contribution in [3.8, 4) is 0 Å². The maximum atomic E-state index is 10.9. The second-order valence-corrected chi connectivity index (χ2v) is 5.76. The molecule has 1 saturated heterocycles. The number of rotatable bonds is 4. The fourth-order valence-corrected chi connectivity index (χ4v) is 2.80. The maximum Gasteiger partial charge on any atom is 0.306 e. The number of nitrogens with zero attached hydrogens (tertiary/aromatic N) is 1. The first kappa shape index (κ1) is 14.4. The van der Waals surface area contributed by atoms with E-state index in [0.717, 1.165) is 37.4 Å². The summed E-state index contributed by atoms with van der Waals surface area (Å²) in [5, 5.41) is 9.76. The fourth-order valence-electron chi connectivity index (χ4n) is 2.68. The minimum atomic E-state index is -0.648. The summed E-state index contributed by atoms with van der Waals surface area (Å²) in [4.78, 5) is 13.3. The molecule has 1 aromatic rings. The number of halogens is 1. The Morgan fingerprint density at radius 3 is 2.47 bits per heavy atom. The molecule has 3 nitrogen and oxygen atoms in total. The molecule has 1 aliphatic rings. The Labute approximate surface area is 119 Å². The van der Waals surface area contributed by atoms with Gasteiger partial charge in [0.1, 0.15) is 0 Å². The SMILES string of the molecule is CC(Cc1ccc(Cl)cc1)N1CCC(C(=O)O)CC1. The van der Waals surface area contributed by atoms with Crippen molar-refractivity contribution in [3.05, 3.63) is 34.9 Å². The molecule has 104 valence electrons. The van der Waals surface area contributed by atoms with E-state index >= 15 is 0 Å². The third-order valence-electron chi connectivity index (χ3n) is 3.95. The maximum absolute atomic E-state index is 10.9. The molecule has 1 fully saturated rings. The van der Waals surface area contributed by atoms with Gasteiger partial charge in [-0.05, 0) is 57.0 Å². The van der Waals surface area contributed by atoms with Crippen LogP contribution in [0.3, 0.4) is 0 Å². The molecule has 0 spiro atoms. The average Bonchev–Trinajstić information content (AvgIpc) is 2.41. The summed E-state index contributed by atoms with van der Waals surface area (Å²) in [5.41, 5.74) is 1.28. The van der Waals surface area contributed by atoms with Crippen LogP contribution in [0.15, 0.2) is 24.3 Å². The third-order valence-corrected chi connectivity index (χ3v) is 4.20. The van der Waals surface area contributed by atoms with Crippen LogP contribution in [0.4, 0.5) is 0 Å². The molecule has 0 aliphatic carbocycles. The van der Waals surface area contributed by atoms with Crippen molar-refractivity contribution in [3.63, 3.8) is 0 Å². The molecule has 1 heterocycles. The predicted molar refractivity (Wildman–Crippen MR) is 76.6 cm³/mol. The van der Waals surface area contributed by atoms with Crippen molar-refractivity contribution in [2.45, 2.75) is 32.2 Å². The summed E-state index contributed by atoms with van der Waals surface area (Å²) in [6, 6.07) is 8.39. The van der Waals surface area contributed by atoms with E-state index in [4.69, 9.17) is 16.7 Å². The third kappa shape index (κ3) is 3.95. The zero-order chi connectivity index (χ0) is 13.8. The van der Waals surface area contributed by atoms with Gasteiger partial charge >= 0.3 is 5.97 Å². The van der Waals surface area contributed by atoms with Crippen LogP contribution in [0.25, 0.3) is 0 Å². The van der Waals surface area contributed by atoms with Crippen LogP contribution in [0.2, 0.25) is 5.02 Å². The summed E-state index contributed by atoms with van der Waals surface area (Å²) < 4.78 is 0. The van der Waals surface area contributed by atoms with Crippen LogP contribution in [0.1, 0.15) is 25.3 Å². The Hall–Kier alpha value is -1.06. The molecule has 19 heavy (non-hydrogen) atoms. The topological polar surface area (TPSA) is 40.5 Å². The number of carbonyl (C=O) groups is 1. The van der Waals surface area contributed by atoms with Crippen LogP contribution in [0, 0.1) is 5.92 Å². The predicted octanol–water partition coefficient (Wildman–Crippen LogP) is 3.07. The van der Waals surface area contributed by atoms with Crippen molar-refractivity contribution in [1.29, 1.82) is 0 Å². The smallest absolute Gasteiger partial charge is 0.306 e. The lowest BCUT2D eigenvalue weighted by molar-refractivity contribution is -0.143. The standard InChI is InChI=1S/C15H20ClNO2/c1-11(10-12-2-4-14(16)5-3-12)17-8-6-13(7-9-17)15(18)19/h2-5,11,13H,6-10H2,1H3,(H,18,19). The number of likely N-dealkylation sites (tertiary alicyclic amines) is 1. The molecule has 0 amide bonds. The van der Waals surface area contributed by atoms with Crippen molar-refractivity contribution >= 4 is 17.6 Å². The number of piperidine rings is 1. The van der Waals surface area contributed by atoms with E-state index in [1.54, 1.807) is 0 Å². The van der Waals surface area contributed by atoms with Crippen LogP contribution in [-0.4, -0.2) is 35.1 Å². The molecule has 1 aromatic carbocycles. The summed E-state index contributed by atoms with van der Waals surface area (Å²) in [5.74, 6) is -0.802. The van der Waals surface area contributed by atoms with Crippen LogP contribution < -0.4 is 0 Å². The largest absolute Gasteiger partial charge is 0.481 e. The molecule has 1 unspecified atom stereocenters. The highest BCUT2D eigenvalue weighted by Crippen LogP contribution is 2.21. The molecular formula is C15H20ClNO2. The van der Waals surface area contributed by atoms with Gasteiger partial charge in [0, 0.05) is 11.1 Å². The number of benzene rings is 1. The molecule has 0 saturated carbocycles. The first-order chi connectivity index (χ1) is 9.06. The Balaban J connectivity index is 1.86. The number of hydrogen-bond acceptors (Lipinski definition) is 2. The van der Waals surface area contributed by atoms with Gasteiger partial charge in [0.25, 0.3) is 0 Å². The number of carboxylic acid groups (broad SMARTS) is 1. The lowest BCUT2D eigenvalue weighted by Gasteiger charge is -2.34. The van der Waals surface area contributed by atoms with Crippen molar-refractivity contribution < 1.29 is 9.90 Å². The van der Waals surface area contributed by atoms with Gasteiger partial charge in [0.2, 0.25) is 0 Å². The quantitative estimate of drug-likeness (QED) is 0.922. The van der Waals surface area contributed by atoms with E-state index in [1.165, 1.54) is 5.56 Å². The van der Waals surface area contributed by atoms with E-state index in [2.05, 4.69) is 24.0 Å². The van der Waals surface area contributed by atoms with E-state index in [9.17, 15) is 4.79 Å². The van der Waals surface area contributed by atoms with Gasteiger partial charge in [-0.15, -0.1) is 0 Å². The fraction of sp³-hybridized carbons (Fsp3) is 0.533. The molecule has 1 atom stereocenters. The van der Waals surface area contributed by atoms with Crippen LogP contribution in [-0.2, 0) is 11.2 Å². The van der Waals surface area contributed by atoms with Gasteiger partial charge in [0.05, 0.1) is 5.92 Å². The minimum Gasteiger partial charge on any atom is -0.481 e. The van der Waals surface area contributed by atoms with E-state index in [1.807, 2.05) is 12.1 Å². The van der Waals surface area contributed by atoms with Gasteiger partial charge in [-0.25, -0.2) is 0 Å². The van der Waals surface area contributed by atoms with Gasteiger partial charge in [-0.3, -0.25) is 4.79 Å². The molecule has 1 aliphatic heterocycles. The highest BCUT2D eigenvalue weighted by molar-refractivity contribution is 6.30. The first-order valence-electron chi connectivity index (χ1n) is 6.77. The zero-order valence-corrected chi connectivity index (χ0v) is 11.9. The lowest BCUT2D eigenvalue weighted by atomic mass is 9.95. The Morgan fingerprint density at radius 2 is 1.95 bits per heavy atom. The Bertz CT molecular complexity index is 424. The molecule has 1 N–H and O–H groups in total. The number of hydrogen-bond donors (Lipinski definition) is 1. The van der Waals surface area contributed by atoms with Crippen molar-refractivity contribution in [1.82, 2.24) is 4.90 Å². The highest BCUT2D eigenvalue weighted by atomic mass is 35.5. The normalized spacial score (nSPS) is 19.3. The molecule has 0 radical (unpaired) electrons. The average molecular weight is 282 g/mol. The van der Waals surface area contributed by atoms with Gasteiger partial charge in [-0.1, -0.05) is 23.7 Å². The second-order valence-electron chi connectivity index (χ2n) is 5.33. The molecule has 0 aromatic heterocycles. The van der Waals surface area contributed by atoms with Gasteiger partial charge < -0.3 is 10.0 Å². The highest BCUT2D eigenvalue weighted by Gasteiger charge is 2.26. The zero-order valence-electron chi connectivity index (χ0n) is 11.2. The molecule has 2 rings (SSSR count). The van der Waals surface area contributed by atoms with Crippen molar-refractivity contribution in [2.24, 2.45) is 5.92 Å². The summed E-state index contributed by atoms with van der Waals surface area (Å²) in [7, 11) is 0. The molecule has 0 bridgehead atoms. The van der Waals surface area contributed by atoms with E-state index in [0.29, 0.717) is 6.04 Å². The second kappa shape index (κ2) is 6.40.